The second-order valence-corrected chi connectivity index (χ2v) is 5.20. The van der Waals surface area contributed by atoms with Crippen LogP contribution in [0.2, 0.25) is 0 Å². The molecule has 5 nitrogen and oxygen atoms in total. The van der Waals surface area contributed by atoms with Gasteiger partial charge in [0.1, 0.15) is 5.82 Å². The molecule has 7 heteroatoms. The van der Waals surface area contributed by atoms with Crippen molar-refractivity contribution >= 4 is 21.4 Å². The van der Waals surface area contributed by atoms with Gasteiger partial charge in [0.15, 0.2) is 0 Å². The summed E-state index contributed by atoms with van der Waals surface area (Å²) in [6.45, 7) is 2.32. The number of halogens is 1. The molecule has 0 aromatic heterocycles. The highest BCUT2D eigenvalue weighted by Gasteiger charge is 2.11. The van der Waals surface area contributed by atoms with Crippen molar-refractivity contribution in [3.05, 3.63) is 24.0 Å². The lowest BCUT2D eigenvalue weighted by Crippen LogP contribution is -2.20. The van der Waals surface area contributed by atoms with Crippen LogP contribution in [0.1, 0.15) is 6.92 Å². The van der Waals surface area contributed by atoms with Gasteiger partial charge in [0.05, 0.1) is 23.7 Å². The molecule has 0 atom stereocenters. The second-order valence-electron chi connectivity index (χ2n) is 3.35. The van der Waals surface area contributed by atoms with Crippen LogP contribution in [-0.2, 0) is 14.8 Å². The van der Waals surface area contributed by atoms with Crippen molar-refractivity contribution < 1.29 is 17.5 Å². The Morgan fingerprint density at radius 3 is 2.76 bits per heavy atom. The first kappa shape index (κ1) is 13.7. The standard InChI is InChI=1S/C10H15FN2O3S/c1-2-16-5-6-17(14,15)13-8-3-4-10(12)9(11)7-8/h3-4,7,13H,2,5-6,12H2,1H3. The first-order chi connectivity index (χ1) is 7.94. The molecule has 0 aliphatic heterocycles. The molecule has 0 fully saturated rings. The van der Waals surface area contributed by atoms with E-state index in [1.54, 1.807) is 6.92 Å². The number of anilines is 2. The van der Waals surface area contributed by atoms with Crippen molar-refractivity contribution in [2.45, 2.75) is 6.92 Å². The van der Waals surface area contributed by atoms with Crippen LogP contribution in [0.4, 0.5) is 15.8 Å². The first-order valence-electron chi connectivity index (χ1n) is 5.08. The molecule has 0 spiro atoms. The van der Waals surface area contributed by atoms with Crippen LogP contribution in [0.25, 0.3) is 0 Å². The molecule has 0 saturated heterocycles. The van der Waals surface area contributed by atoms with Gasteiger partial charge in [-0.1, -0.05) is 0 Å². The molecule has 0 radical (unpaired) electrons. The summed E-state index contributed by atoms with van der Waals surface area (Å²) in [5.41, 5.74) is 5.40. The second kappa shape index (κ2) is 5.83. The molecule has 0 unspecified atom stereocenters. The van der Waals surface area contributed by atoms with E-state index >= 15 is 0 Å². The van der Waals surface area contributed by atoms with Crippen molar-refractivity contribution in [3.8, 4) is 0 Å². The molecular formula is C10H15FN2O3S. The topological polar surface area (TPSA) is 81.4 Å². The molecule has 0 aliphatic carbocycles. The summed E-state index contributed by atoms with van der Waals surface area (Å²) in [6, 6.07) is 3.74. The minimum atomic E-state index is -3.52. The number of sulfonamides is 1. The minimum Gasteiger partial charge on any atom is -0.396 e. The van der Waals surface area contributed by atoms with Gasteiger partial charge in [-0.2, -0.15) is 0 Å². The van der Waals surface area contributed by atoms with Crippen LogP contribution in [0, 0.1) is 5.82 Å². The number of hydrogen-bond donors (Lipinski definition) is 2. The highest BCUT2D eigenvalue weighted by atomic mass is 32.2. The number of ether oxygens (including phenoxy) is 1. The maximum atomic E-state index is 13.1. The van der Waals surface area contributed by atoms with Crippen molar-refractivity contribution in [1.29, 1.82) is 0 Å². The zero-order chi connectivity index (χ0) is 12.9. The molecule has 0 aliphatic rings. The Hall–Kier alpha value is -1.34. The van der Waals surface area contributed by atoms with E-state index in [-0.39, 0.29) is 23.7 Å². The third-order valence-electron chi connectivity index (χ3n) is 1.97. The molecule has 3 N–H and O–H groups in total. The summed E-state index contributed by atoms with van der Waals surface area (Å²) in [7, 11) is -3.52. The maximum absolute atomic E-state index is 13.1. The van der Waals surface area contributed by atoms with E-state index in [2.05, 4.69) is 4.72 Å². The van der Waals surface area contributed by atoms with Crippen LogP contribution in [0.5, 0.6) is 0 Å². The van der Waals surface area contributed by atoms with Gasteiger partial charge in [0.2, 0.25) is 10.0 Å². The average molecular weight is 262 g/mol. The largest absolute Gasteiger partial charge is 0.396 e. The molecule has 0 saturated carbocycles. The average Bonchev–Trinajstić information content (AvgIpc) is 2.23. The number of hydrogen-bond acceptors (Lipinski definition) is 4. The predicted octanol–water partition coefficient (Wildman–Crippen LogP) is 1.19. The van der Waals surface area contributed by atoms with Crippen LogP contribution in [0.15, 0.2) is 18.2 Å². The van der Waals surface area contributed by atoms with Crippen molar-refractivity contribution in [2.24, 2.45) is 0 Å². The van der Waals surface area contributed by atoms with E-state index < -0.39 is 15.8 Å². The Labute approximate surface area is 99.8 Å². The van der Waals surface area contributed by atoms with E-state index in [1.807, 2.05) is 0 Å². The summed E-state index contributed by atoms with van der Waals surface area (Å²) in [6.07, 6.45) is 0. The lowest BCUT2D eigenvalue weighted by molar-refractivity contribution is 0.163. The monoisotopic (exact) mass is 262 g/mol. The molecule has 1 rings (SSSR count). The Morgan fingerprint density at radius 2 is 2.18 bits per heavy atom. The fourth-order valence-corrected chi connectivity index (χ4v) is 2.06. The van der Waals surface area contributed by atoms with E-state index in [0.29, 0.717) is 6.61 Å². The fourth-order valence-electron chi connectivity index (χ4n) is 1.13. The van der Waals surface area contributed by atoms with E-state index in [4.69, 9.17) is 10.5 Å². The zero-order valence-electron chi connectivity index (χ0n) is 9.44. The number of rotatable bonds is 6. The first-order valence-corrected chi connectivity index (χ1v) is 6.73. The van der Waals surface area contributed by atoms with Gasteiger partial charge < -0.3 is 10.5 Å². The lowest BCUT2D eigenvalue weighted by Gasteiger charge is -2.08. The van der Waals surface area contributed by atoms with E-state index in [1.165, 1.54) is 12.1 Å². The van der Waals surface area contributed by atoms with E-state index in [9.17, 15) is 12.8 Å². The number of nitrogen functional groups attached to an aromatic ring is 1. The summed E-state index contributed by atoms with van der Waals surface area (Å²) in [4.78, 5) is 0. The molecular weight excluding hydrogens is 247 g/mol. The van der Waals surface area contributed by atoms with Gasteiger partial charge in [-0.3, -0.25) is 4.72 Å². The molecule has 1 aromatic carbocycles. The Bertz CT molecular complexity index is 476. The quantitative estimate of drug-likeness (QED) is 0.596. The van der Waals surface area contributed by atoms with Gasteiger partial charge in [-0.05, 0) is 19.1 Å². The van der Waals surface area contributed by atoms with Crippen LogP contribution < -0.4 is 10.5 Å². The van der Waals surface area contributed by atoms with Crippen molar-refractivity contribution in [2.75, 3.05) is 29.4 Å². The summed E-state index contributed by atoms with van der Waals surface area (Å²) in [5, 5.41) is 0. The third kappa shape index (κ3) is 4.58. The molecule has 1 aromatic rings. The smallest absolute Gasteiger partial charge is 0.235 e. The fraction of sp³-hybridized carbons (Fsp3) is 0.400. The number of benzene rings is 1. The number of nitrogens with two attached hydrogens (primary N) is 1. The van der Waals surface area contributed by atoms with Gasteiger partial charge in [0.25, 0.3) is 0 Å². The normalized spacial score (nSPS) is 11.4. The predicted molar refractivity (Wildman–Crippen MR) is 64.7 cm³/mol. The van der Waals surface area contributed by atoms with Crippen molar-refractivity contribution in [1.82, 2.24) is 0 Å². The van der Waals surface area contributed by atoms with E-state index in [0.717, 1.165) is 6.07 Å². The summed E-state index contributed by atoms with van der Waals surface area (Å²) >= 11 is 0. The highest BCUT2D eigenvalue weighted by Crippen LogP contribution is 2.16. The Balaban J connectivity index is 2.66. The van der Waals surface area contributed by atoms with Crippen molar-refractivity contribution in [3.63, 3.8) is 0 Å². The lowest BCUT2D eigenvalue weighted by atomic mass is 10.3. The number of nitrogens with one attached hydrogen (secondary N) is 1. The molecule has 0 heterocycles. The van der Waals surface area contributed by atoms with Gasteiger partial charge >= 0.3 is 0 Å². The van der Waals surface area contributed by atoms with Gasteiger partial charge in [0, 0.05) is 12.7 Å². The zero-order valence-corrected chi connectivity index (χ0v) is 10.3. The highest BCUT2D eigenvalue weighted by molar-refractivity contribution is 7.92. The Kier molecular flexibility index (Phi) is 4.71. The maximum Gasteiger partial charge on any atom is 0.235 e. The minimum absolute atomic E-state index is 0.0257. The van der Waals surface area contributed by atoms with Crippen LogP contribution in [0.3, 0.4) is 0 Å². The summed E-state index contributed by atoms with van der Waals surface area (Å²) in [5.74, 6) is -0.831. The van der Waals surface area contributed by atoms with Gasteiger partial charge in [-0.25, -0.2) is 12.8 Å². The van der Waals surface area contributed by atoms with Crippen LogP contribution >= 0.6 is 0 Å². The summed E-state index contributed by atoms with van der Waals surface area (Å²) < 4.78 is 43.3. The molecule has 0 amide bonds. The van der Waals surface area contributed by atoms with Crippen LogP contribution in [-0.4, -0.2) is 27.4 Å². The third-order valence-corrected chi connectivity index (χ3v) is 3.23. The Morgan fingerprint density at radius 1 is 1.47 bits per heavy atom. The molecule has 96 valence electrons. The van der Waals surface area contributed by atoms with Gasteiger partial charge in [-0.15, -0.1) is 0 Å². The molecule has 17 heavy (non-hydrogen) atoms. The SMILES string of the molecule is CCOCCS(=O)(=O)Nc1ccc(N)c(F)c1. The molecule has 0 bridgehead atoms.